The van der Waals surface area contributed by atoms with Gasteiger partial charge in [0, 0.05) is 8.07 Å². The van der Waals surface area contributed by atoms with E-state index in [1.165, 1.54) is 25.1 Å². The Balaban J connectivity index is 3.42. The summed E-state index contributed by atoms with van der Waals surface area (Å²) >= 11 is 0. The smallest absolute Gasteiger partial charge is 0.0486 e. The van der Waals surface area contributed by atoms with E-state index in [9.17, 15) is 0 Å². The summed E-state index contributed by atoms with van der Waals surface area (Å²) in [5, 5.41) is 3.22. The molecule has 0 aliphatic rings. The quantitative estimate of drug-likeness (QED) is 0.607. The summed E-state index contributed by atoms with van der Waals surface area (Å²) < 4.78 is 0. The molecule has 62 valence electrons. The van der Waals surface area contributed by atoms with Gasteiger partial charge in [-0.25, -0.2) is 0 Å². The summed E-state index contributed by atoms with van der Waals surface area (Å²) in [7, 11) is 1.25. The second-order valence-electron chi connectivity index (χ2n) is 3.77. The lowest BCUT2D eigenvalue weighted by atomic mass is 10.6. The summed E-state index contributed by atoms with van der Waals surface area (Å²) in [5.41, 5.74) is 0. The van der Waals surface area contributed by atoms with Crippen LogP contribution in [0.5, 0.6) is 0 Å². The van der Waals surface area contributed by atoms with Gasteiger partial charge in [0.05, 0.1) is 0 Å². The molecule has 0 aliphatic carbocycles. The lowest BCUT2D eigenvalue weighted by Gasteiger charge is -2.20. The van der Waals surface area contributed by atoms with Crippen molar-refractivity contribution in [2.24, 2.45) is 0 Å². The van der Waals surface area contributed by atoms with Crippen LogP contribution < -0.4 is 5.32 Å². The molecule has 0 unspecified atom stereocenters. The SMILES string of the molecule is CCC[Si](C)(C)CCNC. The summed E-state index contributed by atoms with van der Waals surface area (Å²) in [6.45, 7) is 8.45. The second kappa shape index (κ2) is 4.91. The first-order valence-corrected chi connectivity index (χ1v) is 7.68. The minimum Gasteiger partial charge on any atom is -0.320 e. The van der Waals surface area contributed by atoms with Crippen LogP contribution in [0.1, 0.15) is 13.3 Å². The molecule has 1 N–H and O–H groups in total. The Bertz CT molecular complexity index is 81.3. The third kappa shape index (κ3) is 5.00. The normalized spacial score (nSPS) is 12.0. The molecule has 0 saturated heterocycles. The van der Waals surface area contributed by atoms with Crippen LogP contribution in [-0.4, -0.2) is 21.7 Å². The van der Waals surface area contributed by atoms with Crippen molar-refractivity contribution in [2.75, 3.05) is 13.6 Å². The highest BCUT2D eigenvalue weighted by Crippen LogP contribution is 2.15. The second-order valence-corrected chi connectivity index (χ2v) is 9.10. The average molecular weight is 159 g/mol. The number of hydrogen-bond acceptors (Lipinski definition) is 1. The van der Waals surface area contributed by atoms with Gasteiger partial charge in [-0.2, -0.15) is 0 Å². The molecule has 0 aromatic heterocycles. The molecule has 0 fully saturated rings. The van der Waals surface area contributed by atoms with E-state index in [4.69, 9.17) is 0 Å². The highest BCUT2D eigenvalue weighted by atomic mass is 28.3. The first kappa shape index (κ1) is 10.2. The van der Waals surface area contributed by atoms with Crippen molar-refractivity contribution in [3.05, 3.63) is 0 Å². The van der Waals surface area contributed by atoms with Crippen molar-refractivity contribution in [2.45, 2.75) is 38.5 Å². The maximum atomic E-state index is 3.22. The van der Waals surface area contributed by atoms with Crippen LogP contribution in [0.25, 0.3) is 0 Å². The van der Waals surface area contributed by atoms with E-state index >= 15 is 0 Å². The highest BCUT2D eigenvalue weighted by Gasteiger charge is 2.17. The van der Waals surface area contributed by atoms with E-state index in [-0.39, 0.29) is 0 Å². The average Bonchev–Trinajstić information content (AvgIpc) is 1.84. The Kier molecular flexibility index (Phi) is 5.00. The van der Waals surface area contributed by atoms with Crippen LogP contribution >= 0.6 is 0 Å². The molecule has 0 rings (SSSR count). The van der Waals surface area contributed by atoms with Gasteiger partial charge in [0.15, 0.2) is 0 Å². The highest BCUT2D eigenvalue weighted by molar-refractivity contribution is 6.77. The molecule has 0 atom stereocenters. The minimum atomic E-state index is -0.787. The maximum absolute atomic E-state index is 3.22. The fourth-order valence-corrected chi connectivity index (χ4v) is 3.80. The first-order chi connectivity index (χ1) is 4.62. The zero-order valence-corrected chi connectivity index (χ0v) is 8.83. The third-order valence-electron chi connectivity index (χ3n) is 1.98. The van der Waals surface area contributed by atoms with Gasteiger partial charge >= 0.3 is 0 Å². The standard InChI is InChI=1S/C8H21NSi/c1-5-7-10(3,4)8-6-9-2/h9H,5-8H2,1-4H3. The van der Waals surface area contributed by atoms with E-state index < -0.39 is 8.07 Å². The number of rotatable bonds is 5. The van der Waals surface area contributed by atoms with E-state index in [1.54, 1.807) is 0 Å². The molecule has 0 aromatic carbocycles. The topological polar surface area (TPSA) is 12.0 Å². The van der Waals surface area contributed by atoms with Crippen LogP contribution in [0.2, 0.25) is 25.2 Å². The molecule has 0 saturated carbocycles. The van der Waals surface area contributed by atoms with Crippen LogP contribution in [-0.2, 0) is 0 Å². The Hall–Kier alpha value is 0.177. The van der Waals surface area contributed by atoms with Crippen LogP contribution in [0.15, 0.2) is 0 Å². The minimum absolute atomic E-state index is 0.787. The molecule has 0 amide bonds. The largest absolute Gasteiger partial charge is 0.320 e. The molecule has 2 heteroatoms. The molecule has 1 nitrogen and oxygen atoms in total. The van der Waals surface area contributed by atoms with E-state index in [1.807, 2.05) is 7.05 Å². The molecule has 10 heavy (non-hydrogen) atoms. The number of nitrogens with one attached hydrogen (secondary N) is 1. The first-order valence-electron chi connectivity index (χ1n) is 4.27. The van der Waals surface area contributed by atoms with E-state index in [0.717, 1.165) is 0 Å². The molecule has 0 aliphatic heterocycles. The van der Waals surface area contributed by atoms with Crippen LogP contribution in [0.3, 0.4) is 0 Å². The van der Waals surface area contributed by atoms with Gasteiger partial charge in [-0.1, -0.05) is 32.5 Å². The molecule has 0 radical (unpaired) electrons. The summed E-state index contributed by atoms with van der Waals surface area (Å²) in [5.74, 6) is 0. The fraction of sp³-hybridized carbons (Fsp3) is 1.00. The molecular formula is C8H21NSi. The van der Waals surface area contributed by atoms with Gasteiger partial charge in [0.1, 0.15) is 0 Å². The van der Waals surface area contributed by atoms with Crippen LogP contribution in [0, 0.1) is 0 Å². The third-order valence-corrected chi connectivity index (χ3v) is 5.44. The van der Waals surface area contributed by atoms with Crippen molar-refractivity contribution >= 4 is 8.07 Å². The molecule has 0 heterocycles. The Morgan fingerprint density at radius 2 is 1.80 bits per heavy atom. The summed E-state index contributed by atoms with van der Waals surface area (Å²) in [6, 6.07) is 2.91. The van der Waals surface area contributed by atoms with Crippen molar-refractivity contribution in [3.63, 3.8) is 0 Å². The Morgan fingerprint density at radius 1 is 1.20 bits per heavy atom. The summed E-state index contributed by atoms with van der Waals surface area (Å²) in [4.78, 5) is 0. The lowest BCUT2D eigenvalue weighted by Crippen LogP contribution is -2.29. The van der Waals surface area contributed by atoms with Gasteiger partial charge in [-0.15, -0.1) is 0 Å². The van der Waals surface area contributed by atoms with Crippen molar-refractivity contribution in [1.29, 1.82) is 0 Å². The zero-order valence-electron chi connectivity index (χ0n) is 7.83. The van der Waals surface area contributed by atoms with Crippen molar-refractivity contribution in [1.82, 2.24) is 5.32 Å². The zero-order chi connectivity index (χ0) is 8.04. The van der Waals surface area contributed by atoms with Crippen molar-refractivity contribution < 1.29 is 0 Å². The monoisotopic (exact) mass is 159 g/mol. The predicted molar refractivity (Wildman–Crippen MR) is 51.3 cm³/mol. The summed E-state index contributed by atoms with van der Waals surface area (Å²) in [6.07, 6.45) is 1.36. The Labute approximate surface area is 66.2 Å². The van der Waals surface area contributed by atoms with Gasteiger partial charge in [-0.3, -0.25) is 0 Å². The van der Waals surface area contributed by atoms with Gasteiger partial charge in [0.25, 0.3) is 0 Å². The predicted octanol–water partition coefficient (Wildman–Crippen LogP) is 2.32. The fourth-order valence-electron chi connectivity index (χ4n) is 1.27. The molecular weight excluding hydrogens is 138 g/mol. The van der Waals surface area contributed by atoms with Crippen molar-refractivity contribution in [3.8, 4) is 0 Å². The molecule has 0 bridgehead atoms. The van der Waals surface area contributed by atoms with E-state index in [2.05, 4.69) is 25.3 Å². The molecule has 0 spiro atoms. The van der Waals surface area contributed by atoms with Gasteiger partial charge in [-0.05, 0) is 19.6 Å². The lowest BCUT2D eigenvalue weighted by molar-refractivity contribution is 0.843. The Morgan fingerprint density at radius 3 is 2.20 bits per heavy atom. The van der Waals surface area contributed by atoms with Gasteiger partial charge < -0.3 is 5.32 Å². The molecule has 0 aromatic rings. The maximum Gasteiger partial charge on any atom is 0.0486 e. The number of hydrogen-bond donors (Lipinski definition) is 1. The van der Waals surface area contributed by atoms with E-state index in [0.29, 0.717) is 0 Å². The van der Waals surface area contributed by atoms with Crippen LogP contribution in [0.4, 0.5) is 0 Å². The van der Waals surface area contributed by atoms with Gasteiger partial charge in [0.2, 0.25) is 0 Å².